The Bertz CT molecular complexity index is 889. The molecule has 0 aliphatic heterocycles. The summed E-state index contributed by atoms with van der Waals surface area (Å²) >= 11 is 0. The molecule has 2 aromatic carbocycles. The molecular formula is C22H26FN3O5. The van der Waals surface area contributed by atoms with E-state index in [-0.39, 0.29) is 25.2 Å². The molecule has 0 heterocycles. The molecule has 0 unspecified atom stereocenters. The van der Waals surface area contributed by atoms with Gasteiger partial charge in [0.2, 0.25) is 11.8 Å². The molecule has 2 rings (SSSR count). The molecule has 0 atom stereocenters. The molecule has 0 radical (unpaired) electrons. The number of anilines is 1. The van der Waals surface area contributed by atoms with E-state index >= 15 is 0 Å². The molecule has 2 N–H and O–H groups in total. The molecule has 0 saturated heterocycles. The number of ether oxygens (including phenoxy) is 2. The van der Waals surface area contributed by atoms with Crippen LogP contribution >= 0.6 is 0 Å². The van der Waals surface area contributed by atoms with Gasteiger partial charge in [-0.15, -0.1) is 0 Å². The number of rotatable bonds is 11. The summed E-state index contributed by atoms with van der Waals surface area (Å²) in [6.07, 6.45) is 0.474. The fraction of sp³-hybridized carbons (Fsp3) is 0.318. The second-order valence-electron chi connectivity index (χ2n) is 6.61. The minimum absolute atomic E-state index is 0.120. The van der Waals surface area contributed by atoms with Crippen molar-refractivity contribution in [2.24, 2.45) is 0 Å². The molecule has 0 aliphatic carbocycles. The van der Waals surface area contributed by atoms with E-state index in [2.05, 4.69) is 10.6 Å². The molecule has 0 spiro atoms. The first-order valence-electron chi connectivity index (χ1n) is 9.68. The highest BCUT2D eigenvalue weighted by Gasteiger charge is 2.21. The number of nitrogens with zero attached hydrogens (tertiary/aromatic N) is 1. The Morgan fingerprint density at radius 2 is 1.71 bits per heavy atom. The molecule has 9 heteroatoms. The van der Waals surface area contributed by atoms with Crippen LogP contribution in [0.15, 0.2) is 48.5 Å². The van der Waals surface area contributed by atoms with Crippen LogP contribution in [0.5, 0.6) is 5.75 Å². The summed E-state index contributed by atoms with van der Waals surface area (Å²) in [6.45, 7) is -0.00320. The highest BCUT2D eigenvalue weighted by atomic mass is 19.1. The van der Waals surface area contributed by atoms with E-state index in [4.69, 9.17) is 9.47 Å². The molecule has 3 amide bonds. The summed E-state index contributed by atoms with van der Waals surface area (Å²) in [5, 5.41) is 5.12. The van der Waals surface area contributed by atoms with Crippen LogP contribution in [-0.4, -0.2) is 63.1 Å². The fourth-order valence-corrected chi connectivity index (χ4v) is 2.74. The predicted octanol–water partition coefficient (Wildman–Crippen LogP) is 2.07. The first-order valence-corrected chi connectivity index (χ1v) is 9.68. The van der Waals surface area contributed by atoms with Crippen molar-refractivity contribution in [1.82, 2.24) is 10.2 Å². The lowest BCUT2D eigenvalue weighted by molar-refractivity contribution is -0.124. The third kappa shape index (κ3) is 7.71. The number of carbonyl (C=O) groups is 3. The maximum atomic E-state index is 14.0. The zero-order valence-electron chi connectivity index (χ0n) is 17.5. The Labute approximate surface area is 180 Å². The van der Waals surface area contributed by atoms with Crippen LogP contribution in [0.3, 0.4) is 0 Å². The third-order valence-corrected chi connectivity index (χ3v) is 4.32. The molecule has 0 bridgehead atoms. The minimum Gasteiger partial charge on any atom is -0.497 e. The van der Waals surface area contributed by atoms with Gasteiger partial charge in [-0.2, -0.15) is 0 Å². The number of hydrogen-bond donors (Lipinski definition) is 2. The quantitative estimate of drug-likeness (QED) is 0.531. The topological polar surface area (TPSA) is 97.0 Å². The monoisotopic (exact) mass is 431 g/mol. The van der Waals surface area contributed by atoms with Crippen LogP contribution in [-0.2, 0) is 14.3 Å². The van der Waals surface area contributed by atoms with Gasteiger partial charge in [-0.3, -0.25) is 14.4 Å². The summed E-state index contributed by atoms with van der Waals surface area (Å²) in [4.78, 5) is 38.3. The van der Waals surface area contributed by atoms with Crippen molar-refractivity contribution in [2.75, 3.05) is 45.8 Å². The predicted molar refractivity (Wildman–Crippen MR) is 113 cm³/mol. The van der Waals surface area contributed by atoms with Crippen molar-refractivity contribution >= 4 is 23.4 Å². The largest absolute Gasteiger partial charge is 0.497 e. The third-order valence-electron chi connectivity index (χ3n) is 4.32. The van der Waals surface area contributed by atoms with Crippen molar-refractivity contribution in [3.8, 4) is 5.75 Å². The molecule has 31 heavy (non-hydrogen) atoms. The number of benzene rings is 2. The Morgan fingerprint density at radius 1 is 1.00 bits per heavy atom. The lowest BCUT2D eigenvalue weighted by atomic mass is 10.1. The smallest absolute Gasteiger partial charge is 0.257 e. The van der Waals surface area contributed by atoms with E-state index < -0.39 is 23.5 Å². The van der Waals surface area contributed by atoms with Gasteiger partial charge in [0, 0.05) is 25.9 Å². The molecule has 0 aliphatic rings. The summed E-state index contributed by atoms with van der Waals surface area (Å²) < 4.78 is 24.0. The zero-order chi connectivity index (χ0) is 22.6. The summed E-state index contributed by atoms with van der Waals surface area (Å²) in [5.74, 6) is -1.58. The highest BCUT2D eigenvalue weighted by Crippen LogP contribution is 2.14. The van der Waals surface area contributed by atoms with E-state index in [1.807, 2.05) is 0 Å². The molecule has 2 aromatic rings. The van der Waals surface area contributed by atoms with Gasteiger partial charge in [0.15, 0.2) is 0 Å². The van der Waals surface area contributed by atoms with Crippen molar-refractivity contribution in [3.05, 3.63) is 59.9 Å². The van der Waals surface area contributed by atoms with Gasteiger partial charge in [-0.1, -0.05) is 12.1 Å². The van der Waals surface area contributed by atoms with Gasteiger partial charge >= 0.3 is 0 Å². The van der Waals surface area contributed by atoms with Crippen LogP contribution < -0.4 is 15.4 Å². The van der Waals surface area contributed by atoms with Gasteiger partial charge in [0.1, 0.15) is 11.6 Å². The Hall–Kier alpha value is -3.46. The molecular weight excluding hydrogens is 405 g/mol. The van der Waals surface area contributed by atoms with Crippen LogP contribution in [0.2, 0.25) is 0 Å². The van der Waals surface area contributed by atoms with E-state index in [1.54, 1.807) is 37.4 Å². The molecule has 0 saturated carbocycles. The first-order chi connectivity index (χ1) is 14.9. The first kappa shape index (κ1) is 23.8. The van der Waals surface area contributed by atoms with Crippen LogP contribution in [0, 0.1) is 5.82 Å². The van der Waals surface area contributed by atoms with Gasteiger partial charge in [0.05, 0.1) is 25.8 Å². The summed E-state index contributed by atoms with van der Waals surface area (Å²) in [5.41, 5.74) is 0.431. The Kier molecular flexibility index (Phi) is 9.44. The number of amides is 3. The maximum absolute atomic E-state index is 14.0. The van der Waals surface area contributed by atoms with Crippen LogP contribution in [0.25, 0.3) is 0 Å². The van der Waals surface area contributed by atoms with Gasteiger partial charge in [0.25, 0.3) is 5.91 Å². The zero-order valence-corrected chi connectivity index (χ0v) is 17.5. The lowest BCUT2D eigenvalue weighted by Gasteiger charge is -2.22. The second-order valence-corrected chi connectivity index (χ2v) is 6.61. The van der Waals surface area contributed by atoms with Gasteiger partial charge in [-0.25, -0.2) is 4.39 Å². The summed E-state index contributed by atoms with van der Waals surface area (Å²) in [7, 11) is 3.07. The fourth-order valence-electron chi connectivity index (χ4n) is 2.74. The van der Waals surface area contributed by atoms with E-state index in [0.717, 1.165) is 0 Å². The Morgan fingerprint density at radius 3 is 2.35 bits per heavy atom. The Balaban J connectivity index is 1.91. The standard InChI is InChI=1S/C22H26FN3O5/c1-30-13-5-12-26(22(29)18-6-3-4-7-19(18)23)15-21(28)24-14-20(27)25-16-8-10-17(31-2)11-9-16/h3-4,6-11H,5,12-15H2,1-2H3,(H,24,28)(H,25,27). The average Bonchev–Trinajstić information content (AvgIpc) is 2.77. The summed E-state index contributed by atoms with van der Waals surface area (Å²) in [6, 6.07) is 12.3. The highest BCUT2D eigenvalue weighted by molar-refractivity contribution is 5.98. The molecule has 0 aromatic heterocycles. The molecule has 8 nitrogen and oxygen atoms in total. The van der Waals surface area contributed by atoms with Crippen molar-refractivity contribution in [3.63, 3.8) is 0 Å². The molecule has 0 fully saturated rings. The van der Waals surface area contributed by atoms with Crippen LogP contribution in [0.1, 0.15) is 16.8 Å². The van der Waals surface area contributed by atoms with E-state index in [1.165, 1.54) is 30.2 Å². The number of hydrogen-bond acceptors (Lipinski definition) is 5. The SMILES string of the molecule is COCCCN(CC(=O)NCC(=O)Nc1ccc(OC)cc1)C(=O)c1ccccc1F. The lowest BCUT2D eigenvalue weighted by Crippen LogP contribution is -2.43. The van der Waals surface area contributed by atoms with Crippen molar-refractivity contribution < 1.29 is 28.2 Å². The van der Waals surface area contributed by atoms with E-state index in [9.17, 15) is 18.8 Å². The average molecular weight is 431 g/mol. The van der Waals surface area contributed by atoms with Crippen molar-refractivity contribution in [2.45, 2.75) is 6.42 Å². The number of halogens is 1. The second kappa shape index (κ2) is 12.3. The van der Waals surface area contributed by atoms with Gasteiger partial charge < -0.3 is 25.0 Å². The maximum Gasteiger partial charge on any atom is 0.257 e. The van der Waals surface area contributed by atoms with Crippen LogP contribution in [0.4, 0.5) is 10.1 Å². The van der Waals surface area contributed by atoms with Crippen molar-refractivity contribution in [1.29, 1.82) is 0 Å². The normalized spacial score (nSPS) is 10.3. The van der Waals surface area contributed by atoms with E-state index in [0.29, 0.717) is 24.5 Å². The number of carbonyl (C=O) groups excluding carboxylic acids is 3. The minimum atomic E-state index is -0.663. The number of nitrogens with one attached hydrogen (secondary N) is 2. The number of methoxy groups -OCH3 is 2. The van der Waals surface area contributed by atoms with Gasteiger partial charge in [-0.05, 0) is 42.8 Å². The molecule has 166 valence electrons.